The number of benzene rings is 1. The molecule has 0 atom stereocenters. The zero-order valence-electron chi connectivity index (χ0n) is 11.9. The Bertz CT molecular complexity index is 985. The Balaban J connectivity index is 1.66. The van der Waals surface area contributed by atoms with Crippen LogP contribution in [0.25, 0.3) is 16.6 Å². The van der Waals surface area contributed by atoms with Crippen LogP contribution in [-0.4, -0.2) is 25.4 Å². The largest absolute Gasteiger partial charge is 0.477 e. The molecule has 114 valence electrons. The van der Waals surface area contributed by atoms with Crippen molar-refractivity contribution < 1.29 is 14.3 Å². The van der Waals surface area contributed by atoms with Crippen molar-refractivity contribution >= 4 is 28.5 Å². The van der Waals surface area contributed by atoms with E-state index in [1.807, 2.05) is 30.3 Å². The highest BCUT2D eigenvalue weighted by Gasteiger charge is 2.12. The Hall–Kier alpha value is -3.35. The van der Waals surface area contributed by atoms with E-state index < -0.39 is 5.97 Å². The number of nitrogens with zero attached hydrogens (tertiary/aromatic N) is 3. The summed E-state index contributed by atoms with van der Waals surface area (Å²) in [6, 6.07) is 11.1. The molecule has 0 saturated carbocycles. The average molecular weight is 308 g/mol. The molecule has 0 saturated heterocycles. The fraction of sp³-hybridized carbons (Fsp3) is 0.0625. The van der Waals surface area contributed by atoms with Crippen molar-refractivity contribution in [3.63, 3.8) is 0 Å². The third kappa shape index (κ3) is 2.38. The molecule has 1 aromatic carbocycles. The second-order valence-corrected chi connectivity index (χ2v) is 5.03. The highest BCUT2D eigenvalue weighted by Crippen LogP contribution is 2.20. The van der Waals surface area contributed by atoms with Crippen LogP contribution in [0.5, 0.6) is 0 Å². The van der Waals surface area contributed by atoms with Gasteiger partial charge in [0.1, 0.15) is 17.0 Å². The van der Waals surface area contributed by atoms with Crippen LogP contribution in [0.1, 0.15) is 16.2 Å². The summed E-state index contributed by atoms with van der Waals surface area (Å²) in [6.45, 7) is 0.387. The maximum absolute atomic E-state index is 11.2. The third-order valence-electron chi connectivity index (χ3n) is 3.51. The quantitative estimate of drug-likeness (QED) is 0.602. The normalized spacial score (nSPS) is 11.1. The van der Waals surface area contributed by atoms with Gasteiger partial charge < -0.3 is 14.8 Å². The van der Waals surface area contributed by atoms with Crippen LogP contribution in [0.3, 0.4) is 0 Å². The minimum absolute atomic E-state index is 0.0594. The highest BCUT2D eigenvalue weighted by atomic mass is 16.4. The van der Waals surface area contributed by atoms with Crippen LogP contribution >= 0.6 is 0 Å². The lowest BCUT2D eigenvalue weighted by Gasteiger charge is -2.07. The summed E-state index contributed by atoms with van der Waals surface area (Å²) in [5, 5.41) is 13.3. The Labute approximate surface area is 130 Å². The van der Waals surface area contributed by atoms with E-state index in [2.05, 4.69) is 15.3 Å². The molecule has 7 nitrogen and oxygen atoms in total. The zero-order valence-corrected chi connectivity index (χ0v) is 11.9. The minimum atomic E-state index is -1.10. The molecular formula is C16H12N4O3. The van der Waals surface area contributed by atoms with Crippen molar-refractivity contribution in [2.24, 2.45) is 0 Å². The molecule has 0 radical (unpaired) electrons. The van der Waals surface area contributed by atoms with E-state index in [1.165, 1.54) is 6.07 Å². The van der Waals surface area contributed by atoms with E-state index in [-0.39, 0.29) is 5.69 Å². The maximum Gasteiger partial charge on any atom is 0.354 e. The minimum Gasteiger partial charge on any atom is -0.477 e. The molecule has 4 aromatic rings. The Kier molecular flexibility index (Phi) is 2.97. The van der Waals surface area contributed by atoms with E-state index in [0.29, 0.717) is 18.1 Å². The monoisotopic (exact) mass is 308 g/mol. The SMILES string of the molecule is O=C(O)c1cc2nccn2c(NCc2cc3ccccc3o2)n1. The van der Waals surface area contributed by atoms with Gasteiger partial charge in [-0.05, 0) is 12.1 Å². The number of fused-ring (bicyclic) bond motifs is 2. The predicted molar refractivity (Wildman–Crippen MR) is 83.5 cm³/mol. The summed E-state index contributed by atoms with van der Waals surface area (Å²) in [5.74, 6) is 0.0436. The van der Waals surface area contributed by atoms with Crippen LogP contribution in [0.15, 0.2) is 53.2 Å². The van der Waals surface area contributed by atoms with Crippen molar-refractivity contribution in [3.8, 4) is 0 Å². The first-order valence-corrected chi connectivity index (χ1v) is 6.99. The van der Waals surface area contributed by atoms with E-state index in [0.717, 1.165) is 16.7 Å². The Morgan fingerprint density at radius 1 is 1.30 bits per heavy atom. The molecule has 0 unspecified atom stereocenters. The smallest absolute Gasteiger partial charge is 0.354 e. The highest BCUT2D eigenvalue weighted by molar-refractivity contribution is 5.87. The van der Waals surface area contributed by atoms with Gasteiger partial charge in [0.15, 0.2) is 5.69 Å². The number of anilines is 1. The zero-order chi connectivity index (χ0) is 15.8. The van der Waals surface area contributed by atoms with Gasteiger partial charge in [-0.2, -0.15) is 0 Å². The molecule has 0 fully saturated rings. The molecular weight excluding hydrogens is 296 g/mol. The van der Waals surface area contributed by atoms with Gasteiger partial charge in [0.05, 0.1) is 6.54 Å². The number of hydrogen-bond donors (Lipinski definition) is 2. The number of para-hydroxylation sites is 1. The van der Waals surface area contributed by atoms with Crippen molar-refractivity contribution in [3.05, 3.63) is 60.2 Å². The summed E-state index contributed by atoms with van der Waals surface area (Å²) >= 11 is 0. The lowest BCUT2D eigenvalue weighted by Crippen LogP contribution is -2.10. The third-order valence-corrected chi connectivity index (χ3v) is 3.51. The topological polar surface area (TPSA) is 92.7 Å². The summed E-state index contributed by atoms with van der Waals surface area (Å²) < 4.78 is 7.42. The number of hydrogen-bond acceptors (Lipinski definition) is 5. The van der Waals surface area contributed by atoms with E-state index in [4.69, 9.17) is 9.52 Å². The molecule has 3 heterocycles. The summed E-state index contributed by atoms with van der Waals surface area (Å²) in [6.07, 6.45) is 3.31. The fourth-order valence-electron chi connectivity index (χ4n) is 2.45. The predicted octanol–water partition coefficient (Wildman–Crippen LogP) is 2.79. The number of imidazole rings is 1. The van der Waals surface area contributed by atoms with Crippen LogP contribution in [0.2, 0.25) is 0 Å². The summed E-state index contributed by atoms with van der Waals surface area (Å²) in [5.41, 5.74) is 1.27. The molecule has 0 aliphatic rings. The standard InChI is InChI=1S/C16H12N4O3/c21-15(22)12-8-14-17-5-6-20(14)16(19-12)18-9-11-7-10-3-1-2-4-13(10)23-11/h1-8H,9H2,(H,18,19)(H,21,22). The maximum atomic E-state index is 11.2. The van der Waals surface area contributed by atoms with Crippen LogP contribution in [0, 0.1) is 0 Å². The second kappa shape index (κ2) is 5.13. The second-order valence-electron chi connectivity index (χ2n) is 5.03. The number of rotatable bonds is 4. The van der Waals surface area contributed by atoms with Gasteiger partial charge in [-0.25, -0.2) is 14.8 Å². The van der Waals surface area contributed by atoms with Gasteiger partial charge in [0, 0.05) is 23.8 Å². The summed E-state index contributed by atoms with van der Waals surface area (Å²) in [7, 11) is 0. The Morgan fingerprint density at radius 3 is 3.00 bits per heavy atom. The Morgan fingerprint density at radius 2 is 2.17 bits per heavy atom. The summed E-state index contributed by atoms with van der Waals surface area (Å²) in [4.78, 5) is 19.4. The van der Waals surface area contributed by atoms with Crippen LogP contribution < -0.4 is 5.32 Å². The van der Waals surface area contributed by atoms with Gasteiger partial charge in [-0.3, -0.25) is 4.40 Å². The lowest BCUT2D eigenvalue weighted by atomic mass is 10.2. The number of aromatic carboxylic acids is 1. The molecule has 0 spiro atoms. The lowest BCUT2D eigenvalue weighted by molar-refractivity contribution is 0.0690. The molecule has 4 rings (SSSR count). The van der Waals surface area contributed by atoms with Crippen molar-refractivity contribution in [2.75, 3.05) is 5.32 Å². The molecule has 0 aliphatic heterocycles. The molecule has 0 aliphatic carbocycles. The number of nitrogens with one attached hydrogen (secondary N) is 1. The first kappa shape index (κ1) is 13.3. The molecule has 0 bridgehead atoms. The van der Waals surface area contributed by atoms with Gasteiger partial charge >= 0.3 is 5.97 Å². The fourth-order valence-corrected chi connectivity index (χ4v) is 2.45. The number of carbonyl (C=O) groups is 1. The first-order valence-electron chi connectivity index (χ1n) is 6.99. The van der Waals surface area contributed by atoms with E-state index in [1.54, 1.807) is 16.8 Å². The average Bonchev–Trinajstić information content (AvgIpc) is 3.18. The number of carboxylic acids is 1. The van der Waals surface area contributed by atoms with Gasteiger partial charge in [0.2, 0.25) is 5.95 Å². The first-order chi connectivity index (χ1) is 11.2. The number of aromatic nitrogens is 3. The van der Waals surface area contributed by atoms with Crippen LogP contribution in [-0.2, 0) is 6.54 Å². The molecule has 2 N–H and O–H groups in total. The number of carboxylic acid groups (broad SMARTS) is 1. The van der Waals surface area contributed by atoms with E-state index in [9.17, 15) is 4.79 Å². The van der Waals surface area contributed by atoms with Crippen molar-refractivity contribution in [1.82, 2.24) is 14.4 Å². The van der Waals surface area contributed by atoms with Crippen LogP contribution in [0.4, 0.5) is 5.95 Å². The van der Waals surface area contributed by atoms with Crippen molar-refractivity contribution in [2.45, 2.75) is 6.54 Å². The van der Waals surface area contributed by atoms with E-state index >= 15 is 0 Å². The molecule has 3 aromatic heterocycles. The van der Waals surface area contributed by atoms with Gasteiger partial charge in [-0.1, -0.05) is 18.2 Å². The van der Waals surface area contributed by atoms with Gasteiger partial charge in [-0.15, -0.1) is 0 Å². The molecule has 0 amide bonds. The molecule has 7 heteroatoms. The van der Waals surface area contributed by atoms with Gasteiger partial charge in [0.25, 0.3) is 0 Å². The van der Waals surface area contributed by atoms with Crippen molar-refractivity contribution in [1.29, 1.82) is 0 Å². The number of furan rings is 1. The molecule has 23 heavy (non-hydrogen) atoms.